The van der Waals surface area contributed by atoms with Crippen LogP contribution in [-0.2, 0) is 11.2 Å². The molecule has 94 valence electrons. The zero-order chi connectivity index (χ0) is 12.5. The fourth-order valence-electron chi connectivity index (χ4n) is 2.11. The number of amides is 1. The largest absolute Gasteiger partial charge is 0.469 e. The quantitative estimate of drug-likeness (QED) is 0.834. The molecule has 17 heavy (non-hydrogen) atoms. The number of aliphatic hydroxyl groups excluding tert-OH is 1. The first-order valence-corrected chi connectivity index (χ1v) is 6.00. The fourth-order valence-corrected chi connectivity index (χ4v) is 2.11. The van der Waals surface area contributed by atoms with Gasteiger partial charge in [0, 0.05) is 24.3 Å². The molecule has 4 nitrogen and oxygen atoms in total. The van der Waals surface area contributed by atoms with Crippen LogP contribution < -0.4 is 5.32 Å². The van der Waals surface area contributed by atoms with E-state index in [2.05, 4.69) is 5.32 Å². The maximum atomic E-state index is 11.7. The molecule has 1 heterocycles. The highest BCUT2D eigenvalue weighted by Crippen LogP contribution is 2.40. The molecule has 2 atom stereocenters. The SMILES string of the molecule is CC1(C)C(O)CC1NC(=O)CCc1ccco1. The van der Waals surface area contributed by atoms with E-state index >= 15 is 0 Å². The molecule has 0 saturated heterocycles. The van der Waals surface area contributed by atoms with Crippen molar-refractivity contribution in [3.8, 4) is 0 Å². The average Bonchev–Trinajstić information content (AvgIpc) is 2.79. The van der Waals surface area contributed by atoms with Crippen LogP contribution in [0.4, 0.5) is 0 Å². The van der Waals surface area contributed by atoms with Gasteiger partial charge in [-0.25, -0.2) is 0 Å². The number of nitrogens with one attached hydrogen (secondary N) is 1. The second kappa shape index (κ2) is 4.53. The third-order valence-corrected chi connectivity index (χ3v) is 3.73. The van der Waals surface area contributed by atoms with Crippen LogP contribution in [0.2, 0.25) is 0 Å². The third kappa shape index (κ3) is 2.52. The summed E-state index contributed by atoms with van der Waals surface area (Å²) in [5, 5.41) is 12.5. The number of carbonyl (C=O) groups excluding carboxylic acids is 1. The molecule has 4 heteroatoms. The van der Waals surface area contributed by atoms with Crippen LogP contribution in [0.15, 0.2) is 22.8 Å². The second-order valence-corrected chi connectivity index (χ2v) is 5.27. The molecule has 1 saturated carbocycles. The predicted octanol–water partition coefficient (Wildman–Crippen LogP) is 1.49. The Kier molecular flexibility index (Phi) is 3.24. The summed E-state index contributed by atoms with van der Waals surface area (Å²) in [6.45, 7) is 3.94. The van der Waals surface area contributed by atoms with Crippen molar-refractivity contribution >= 4 is 5.91 Å². The second-order valence-electron chi connectivity index (χ2n) is 5.27. The highest BCUT2D eigenvalue weighted by Gasteiger charge is 2.47. The summed E-state index contributed by atoms with van der Waals surface area (Å²) >= 11 is 0. The molecule has 0 aromatic carbocycles. The number of aliphatic hydroxyl groups is 1. The van der Waals surface area contributed by atoms with Gasteiger partial charge in [0.05, 0.1) is 12.4 Å². The van der Waals surface area contributed by atoms with E-state index in [4.69, 9.17) is 4.42 Å². The van der Waals surface area contributed by atoms with Crippen molar-refractivity contribution in [2.45, 2.75) is 45.3 Å². The third-order valence-electron chi connectivity index (χ3n) is 3.73. The van der Waals surface area contributed by atoms with Gasteiger partial charge in [0.25, 0.3) is 0 Å². The summed E-state index contributed by atoms with van der Waals surface area (Å²) in [5.41, 5.74) is -0.208. The van der Waals surface area contributed by atoms with Crippen LogP contribution in [-0.4, -0.2) is 23.2 Å². The van der Waals surface area contributed by atoms with Crippen LogP contribution in [0.25, 0.3) is 0 Å². The van der Waals surface area contributed by atoms with Crippen LogP contribution in [0.3, 0.4) is 0 Å². The van der Waals surface area contributed by atoms with Crippen molar-refractivity contribution < 1.29 is 14.3 Å². The Bertz CT molecular complexity index is 383. The highest BCUT2D eigenvalue weighted by atomic mass is 16.3. The topological polar surface area (TPSA) is 62.5 Å². The van der Waals surface area contributed by atoms with E-state index in [1.54, 1.807) is 6.26 Å². The van der Waals surface area contributed by atoms with Crippen molar-refractivity contribution in [3.05, 3.63) is 24.2 Å². The lowest BCUT2D eigenvalue weighted by molar-refractivity contribution is -0.129. The number of hydrogen-bond donors (Lipinski definition) is 2. The zero-order valence-electron chi connectivity index (χ0n) is 10.3. The van der Waals surface area contributed by atoms with Gasteiger partial charge in [-0.3, -0.25) is 4.79 Å². The first-order chi connectivity index (χ1) is 8.00. The molecule has 2 rings (SSSR count). The smallest absolute Gasteiger partial charge is 0.220 e. The molecule has 1 aromatic rings. The molecular formula is C13H19NO3. The standard InChI is InChI=1S/C13H19NO3/c1-13(2)10(8-11(13)15)14-12(16)6-5-9-4-3-7-17-9/h3-4,7,10-11,15H,5-6,8H2,1-2H3,(H,14,16). The summed E-state index contributed by atoms with van der Waals surface area (Å²) in [6.07, 6.45) is 3.00. The summed E-state index contributed by atoms with van der Waals surface area (Å²) in [4.78, 5) is 11.7. The molecule has 2 unspecified atom stereocenters. The van der Waals surface area contributed by atoms with E-state index in [1.165, 1.54) is 0 Å². The molecule has 1 fully saturated rings. The van der Waals surface area contributed by atoms with Crippen molar-refractivity contribution in [2.75, 3.05) is 0 Å². The van der Waals surface area contributed by atoms with E-state index in [0.717, 1.165) is 5.76 Å². The average molecular weight is 237 g/mol. The normalized spacial score (nSPS) is 26.3. The van der Waals surface area contributed by atoms with Crippen LogP contribution in [0.1, 0.15) is 32.4 Å². The Labute approximate surface area is 101 Å². The van der Waals surface area contributed by atoms with Gasteiger partial charge in [-0.1, -0.05) is 13.8 Å². The van der Waals surface area contributed by atoms with Crippen LogP contribution in [0, 0.1) is 5.41 Å². The number of hydrogen-bond acceptors (Lipinski definition) is 3. The van der Waals surface area contributed by atoms with Gasteiger partial charge >= 0.3 is 0 Å². The molecule has 1 aliphatic rings. The monoisotopic (exact) mass is 237 g/mol. The maximum absolute atomic E-state index is 11.7. The van der Waals surface area contributed by atoms with Gasteiger partial charge in [0.15, 0.2) is 0 Å². The first kappa shape index (κ1) is 12.2. The van der Waals surface area contributed by atoms with Crippen molar-refractivity contribution in [3.63, 3.8) is 0 Å². The van der Waals surface area contributed by atoms with Gasteiger partial charge in [0.2, 0.25) is 5.91 Å². The molecular weight excluding hydrogens is 218 g/mol. The van der Waals surface area contributed by atoms with E-state index in [9.17, 15) is 9.90 Å². The Morgan fingerprint density at radius 2 is 2.41 bits per heavy atom. The van der Waals surface area contributed by atoms with E-state index in [1.807, 2.05) is 26.0 Å². The lowest BCUT2D eigenvalue weighted by atomic mass is 9.64. The summed E-state index contributed by atoms with van der Waals surface area (Å²) in [5.74, 6) is 0.847. The minimum Gasteiger partial charge on any atom is -0.469 e. The lowest BCUT2D eigenvalue weighted by Crippen LogP contribution is -2.61. The van der Waals surface area contributed by atoms with Crippen molar-refractivity contribution in [1.82, 2.24) is 5.32 Å². The van der Waals surface area contributed by atoms with Gasteiger partial charge in [-0.15, -0.1) is 0 Å². The maximum Gasteiger partial charge on any atom is 0.220 e. The van der Waals surface area contributed by atoms with Gasteiger partial charge in [-0.05, 0) is 18.6 Å². The Morgan fingerprint density at radius 3 is 2.94 bits per heavy atom. The summed E-state index contributed by atoms with van der Waals surface area (Å²) in [7, 11) is 0. The molecule has 1 amide bonds. The van der Waals surface area contributed by atoms with E-state index in [0.29, 0.717) is 19.3 Å². The molecule has 0 spiro atoms. The number of carbonyl (C=O) groups is 1. The Morgan fingerprint density at radius 1 is 1.65 bits per heavy atom. The number of furan rings is 1. The molecule has 0 aliphatic heterocycles. The Hall–Kier alpha value is -1.29. The molecule has 0 radical (unpaired) electrons. The molecule has 0 bridgehead atoms. The Balaban J connectivity index is 1.75. The number of rotatable bonds is 4. The van der Waals surface area contributed by atoms with Crippen molar-refractivity contribution in [1.29, 1.82) is 0 Å². The van der Waals surface area contributed by atoms with Gasteiger partial charge < -0.3 is 14.8 Å². The first-order valence-electron chi connectivity index (χ1n) is 6.00. The summed E-state index contributed by atoms with van der Waals surface area (Å²) < 4.78 is 5.17. The minimum absolute atomic E-state index is 0.0198. The van der Waals surface area contributed by atoms with Gasteiger partial charge in [-0.2, -0.15) is 0 Å². The lowest BCUT2D eigenvalue weighted by Gasteiger charge is -2.49. The van der Waals surface area contributed by atoms with Crippen molar-refractivity contribution in [2.24, 2.45) is 5.41 Å². The van der Waals surface area contributed by atoms with E-state index < -0.39 is 0 Å². The summed E-state index contributed by atoms with van der Waals surface area (Å²) in [6, 6.07) is 3.77. The number of aryl methyl sites for hydroxylation is 1. The predicted molar refractivity (Wildman–Crippen MR) is 63.4 cm³/mol. The van der Waals surface area contributed by atoms with E-state index in [-0.39, 0.29) is 23.5 Å². The minimum atomic E-state index is -0.308. The van der Waals surface area contributed by atoms with Crippen LogP contribution in [0.5, 0.6) is 0 Å². The molecule has 1 aromatic heterocycles. The fraction of sp³-hybridized carbons (Fsp3) is 0.615. The van der Waals surface area contributed by atoms with Crippen LogP contribution >= 0.6 is 0 Å². The highest BCUT2D eigenvalue weighted by molar-refractivity contribution is 5.76. The molecule has 1 aliphatic carbocycles. The van der Waals surface area contributed by atoms with Gasteiger partial charge in [0.1, 0.15) is 5.76 Å². The molecule has 2 N–H and O–H groups in total. The zero-order valence-corrected chi connectivity index (χ0v) is 10.3.